The second-order valence-corrected chi connectivity index (χ2v) is 5.55. The van der Waals surface area contributed by atoms with E-state index in [1.54, 1.807) is 0 Å². The number of carbonyl (C=O) groups excluding carboxylic acids is 1. The number of rotatable bonds is 8. The van der Waals surface area contributed by atoms with Gasteiger partial charge >= 0.3 is 0 Å². The summed E-state index contributed by atoms with van der Waals surface area (Å²) in [5.41, 5.74) is 1.49. The molecular weight excluding hydrogens is 260 g/mol. The Kier molecular flexibility index (Phi) is 6.94. The quantitative estimate of drug-likeness (QED) is 0.786. The Bertz CT molecular complexity index is 479. The molecule has 21 heavy (non-hydrogen) atoms. The maximum atomic E-state index is 12.4. The lowest BCUT2D eigenvalue weighted by molar-refractivity contribution is -0.129. The van der Waals surface area contributed by atoms with Crippen LogP contribution in [0.25, 0.3) is 0 Å². The summed E-state index contributed by atoms with van der Waals surface area (Å²) in [6.07, 6.45) is 3.94. The average Bonchev–Trinajstić information content (AvgIpc) is 2.52. The number of benzene rings is 1. The number of amides is 1. The van der Waals surface area contributed by atoms with E-state index in [1.807, 2.05) is 26.0 Å². The smallest absolute Gasteiger partial charge is 0.240 e. The zero-order chi connectivity index (χ0) is 15.7. The first-order valence-electron chi connectivity index (χ1n) is 7.89. The van der Waals surface area contributed by atoms with E-state index >= 15 is 0 Å². The van der Waals surface area contributed by atoms with Crippen molar-refractivity contribution >= 4 is 5.91 Å². The van der Waals surface area contributed by atoms with Gasteiger partial charge in [-0.25, -0.2) is 0 Å². The van der Waals surface area contributed by atoms with E-state index in [9.17, 15) is 10.1 Å². The Labute approximate surface area is 128 Å². The van der Waals surface area contributed by atoms with Gasteiger partial charge in [-0.15, -0.1) is 0 Å². The molecule has 0 unspecified atom stereocenters. The van der Waals surface area contributed by atoms with Crippen molar-refractivity contribution in [3.63, 3.8) is 0 Å². The van der Waals surface area contributed by atoms with Gasteiger partial charge in [-0.2, -0.15) is 5.26 Å². The van der Waals surface area contributed by atoms with E-state index in [0.717, 1.165) is 24.8 Å². The zero-order valence-electron chi connectivity index (χ0n) is 13.4. The van der Waals surface area contributed by atoms with Crippen LogP contribution in [0.15, 0.2) is 24.3 Å². The molecule has 0 saturated heterocycles. The normalized spacial score (nSPS) is 11.0. The number of hydrogen-bond acceptors (Lipinski definition) is 2. The molecule has 0 bridgehead atoms. The minimum Gasteiger partial charge on any atom is -0.351 e. The molecule has 3 nitrogen and oxygen atoms in total. The molecule has 0 atom stereocenters. The van der Waals surface area contributed by atoms with Gasteiger partial charge in [-0.05, 0) is 30.4 Å². The van der Waals surface area contributed by atoms with Gasteiger partial charge in [-0.3, -0.25) is 4.79 Å². The number of carbonyl (C=O) groups is 1. The molecule has 1 rings (SSSR count). The fourth-order valence-corrected chi connectivity index (χ4v) is 2.61. The van der Waals surface area contributed by atoms with Crippen LogP contribution >= 0.6 is 0 Å². The van der Waals surface area contributed by atoms with Gasteiger partial charge in [0, 0.05) is 6.54 Å². The van der Waals surface area contributed by atoms with Crippen LogP contribution in [0.1, 0.15) is 57.6 Å². The van der Waals surface area contributed by atoms with Crippen molar-refractivity contribution in [2.75, 3.05) is 0 Å². The average molecular weight is 286 g/mol. The second kappa shape index (κ2) is 8.46. The Morgan fingerprint density at radius 3 is 2.05 bits per heavy atom. The minimum atomic E-state index is -0.868. The monoisotopic (exact) mass is 286 g/mol. The molecule has 3 heteroatoms. The summed E-state index contributed by atoms with van der Waals surface area (Å²) in [4.78, 5) is 12.4. The van der Waals surface area contributed by atoms with Gasteiger partial charge in [0.05, 0.1) is 6.07 Å². The highest BCUT2D eigenvalue weighted by Crippen LogP contribution is 2.29. The van der Waals surface area contributed by atoms with Gasteiger partial charge < -0.3 is 5.32 Å². The van der Waals surface area contributed by atoms with E-state index in [1.165, 1.54) is 5.56 Å². The SMILES string of the molecule is CCCC(C#N)(CCC)C(=O)NCc1ccc(CC)cc1. The summed E-state index contributed by atoms with van der Waals surface area (Å²) in [6, 6.07) is 10.5. The highest BCUT2D eigenvalue weighted by molar-refractivity contribution is 5.85. The van der Waals surface area contributed by atoms with Gasteiger partial charge in [0.2, 0.25) is 5.91 Å². The second-order valence-electron chi connectivity index (χ2n) is 5.55. The molecule has 0 radical (unpaired) electrons. The molecule has 1 aromatic carbocycles. The third-order valence-electron chi connectivity index (χ3n) is 3.89. The lowest BCUT2D eigenvalue weighted by Crippen LogP contribution is -2.39. The van der Waals surface area contributed by atoms with Crippen LogP contribution in [0.3, 0.4) is 0 Å². The van der Waals surface area contributed by atoms with Crippen molar-refractivity contribution in [3.8, 4) is 6.07 Å². The molecule has 114 valence electrons. The van der Waals surface area contributed by atoms with Gasteiger partial charge in [0.25, 0.3) is 0 Å². The van der Waals surface area contributed by atoms with Crippen molar-refractivity contribution < 1.29 is 4.79 Å². The summed E-state index contributed by atoms with van der Waals surface area (Å²) in [7, 11) is 0. The van der Waals surface area contributed by atoms with Crippen LogP contribution in [0.5, 0.6) is 0 Å². The van der Waals surface area contributed by atoms with Crippen molar-refractivity contribution in [1.82, 2.24) is 5.32 Å². The molecule has 0 spiro atoms. The topological polar surface area (TPSA) is 52.9 Å². The predicted octanol–water partition coefficient (Wildman–Crippen LogP) is 3.98. The molecule has 0 aromatic heterocycles. The lowest BCUT2D eigenvalue weighted by Gasteiger charge is -2.24. The maximum absolute atomic E-state index is 12.4. The molecular formula is C18H26N2O. The Morgan fingerprint density at radius 2 is 1.62 bits per heavy atom. The van der Waals surface area contributed by atoms with Crippen LogP contribution in [0.2, 0.25) is 0 Å². The number of nitrogens with zero attached hydrogens (tertiary/aromatic N) is 1. The zero-order valence-corrected chi connectivity index (χ0v) is 13.4. The molecule has 0 saturated carbocycles. The number of nitriles is 1. The summed E-state index contributed by atoms with van der Waals surface area (Å²) in [5.74, 6) is -0.131. The van der Waals surface area contributed by atoms with E-state index in [-0.39, 0.29) is 5.91 Å². The van der Waals surface area contributed by atoms with Crippen molar-refractivity contribution in [2.24, 2.45) is 5.41 Å². The van der Waals surface area contributed by atoms with Crippen molar-refractivity contribution in [2.45, 2.75) is 59.4 Å². The molecule has 0 heterocycles. The first-order chi connectivity index (χ1) is 10.1. The molecule has 1 N–H and O–H groups in total. The highest BCUT2D eigenvalue weighted by atomic mass is 16.2. The molecule has 0 fully saturated rings. The van der Waals surface area contributed by atoms with Crippen LogP contribution < -0.4 is 5.32 Å². The van der Waals surface area contributed by atoms with Crippen LogP contribution in [-0.4, -0.2) is 5.91 Å². The van der Waals surface area contributed by atoms with Crippen LogP contribution in [0, 0.1) is 16.7 Å². The van der Waals surface area contributed by atoms with Gasteiger partial charge in [0.1, 0.15) is 5.41 Å². The Balaban J connectivity index is 2.70. The van der Waals surface area contributed by atoms with Gasteiger partial charge in [0.15, 0.2) is 0 Å². The minimum absolute atomic E-state index is 0.131. The molecule has 0 aliphatic heterocycles. The standard InChI is InChI=1S/C18H26N2O/c1-4-11-18(14-19,12-5-2)17(21)20-13-16-9-7-15(6-3)8-10-16/h7-10H,4-6,11-13H2,1-3H3,(H,20,21). The molecule has 1 aromatic rings. The lowest BCUT2D eigenvalue weighted by atomic mass is 9.79. The van der Waals surface area contributed by atoms with E-state index in [4.69, 9.17) is 0 Å². The maximum Gasteiger partial charge on any atom is 0.240 e. The van der Waals surface area contributed by atoms with E-state index in [2.05, 4.69) is 30.4 Å². The highest BCUT2D eigenvalue weighted by Gasteiger charge is 2.36. The molecule has 0 aliphatic carbocycles. The van der Waals surface area contributed by atoms with E-state index < -0.39 is 5.41 Å². The third-order valence-corrected chi connectivity index (χ3v) is 3.89. The molecule has 0 aliphatic rings. The first-order valence-corrected chi connectivity index (χ1v) is 7.89. The summed E-state index contributed by atoms with van der Waals surface area (Å²) >= 11 is 0. The number of hydrogen-bond donors (Lipinski definition) is 1. The Hall–Kier alpha value is -1.82. The fourth-order valence-electron chi connectivity index (χ4n) is 2.61. The van der Waals surface area contributed by atoms with Gasteiger partial charge in [-0.1, -0.05) is 57.9 Å². The van der Waals surface area contributed by atoms with Crippen molar-refractivity contribution in [3.05, 3.63) is 35.4 Å². The van der Waals surface area contributed by atoms with Crippen LogP contribution in [-0.2, 0) is 17.8 Å². The number of aryl methyl sites for hydroxylation is 1. The summed E-state index contributed by atoms with van der Waals surface area (Å²) in [6.45, 7) is 6.63. The first kappa shape index (κ1) is 17.2. The summed E-state index contributed by atoms with van der Waals surface area (Å²) in [5, 5.41) is 12.4. The molecule has 1 amide bonds. The fraction of sp³-hybridized carbons (Fsp3) is 0.556. The van der Waals surface area contributed by atoms with Crippen molar-refractivity contribution in [1.29, 1.82) is 5.26 Å². The van der Waals surface area contributed by atoms with Crippen LogP contribution in [0.4, 0.5) is 0 Å². The van der Waals surface area contributed by atoms with E-state index in [0.29, 0.717) is 19.4 Å². The largest absolute Gasteiger partial charge is 0.351 e. The summed E-state index contributed by atoms with van der Waals surface area (Å²) < 4.78 is 0. The predicted molar refractivity (Wildman–Crippen MR) is 85.5 cm³/mol. The number of nitrogens with one attached hydrogen (secondary N) is 1. The third kappa shape index (κ3) is 4.60. The Morgan fingerprint density at radius 1 is 1.10 bits per heavy atom.